The highest BCUT2D eigenvalue weighted by Gasteiger charge is 2.32. The van der Waals surface area contributed by atoms with E-state index in [1.807, 2.05) is 26.0 Å². The quantitative estimate of drug-likeness (QED) is 0.291. The Morgan fingerprint density at radius 2 is 1.59 bits per heavy atom. The van der Waals surface area contributed by atoms with Crippen LogP contribution in [0, 0.1) is 0 Å². The van der Waals surface area contributed by atoms with Crippen LogP contribution in [0.1, 0.15) is 30.8 Å². The Kier molecular flexibility index (Phi) is 7.58. The van der Waals surface area contributed by atoms with Crippen molar-refractivity contribution < 1.29 is 13.2 Å². The molecule has 0 bridgehead atoms. The van der Waals surface area contributed by atoms with Gasteiger partial charge in [0.2, 0.25) is 0 Å². The molecule has 1 aromatic carbocycles. The summed E-state index contributed by atoms with van der Waals surface area (Å²) in [4.78, 5) is 20.7. The van der Waals surface area contributed by atoms with Gasteiger partial charge in [-0.25, -0.2) is 0 Å². The van der Waals surface area contributed by atoms with E-state index in [2.05, 4.69) is 25.3 Å². The van der Waals surface area contributed by atoms with Crippen molar-refractivity contribution in [1.82, 2.24) is 29.8 Å². The molecule has 0 aliphatic rings. The lowest BCUT2D eigenvalue weighted by atomic mass is 9.97. The lowest BCUT2D eigenvalue weighted by molar-refractivity contribution is -0.141. The molecule has 4 heterocycles. The number of hydrogen-bond acceptors (Lipinski definition) is 6. The van der Waals surface area contributed by atoms with Gasteiger partial charge in [0, 0.05) is 41.2 Å². The van der Waals surface area contributed by atoms with Crippen molar-refractivity contribution in [3.8, 4) is 22.3 Å². The van der Waals surface area contributed by atoms with Gasteiger partial charge < -0.3 is 0 Å². The Balaban J connectivity index is 0.00000156. The topological polar surface area (TPSA) is 85.9 Å². The second-order valence-corrected chi connectivity index (χ2v) is 8.03. The zero-order valence-corrected chi connectivity index (χ0v) is 20.5. The molecule has 0 unspecified atom stereocenters. The Morgan fingerprint density at radius 3 is 2.22 bits per heavy atom. The van der Waals surface area contributed by atoms with Gasteiger partial charge in [-0.15, -0.1) is 10.2 Å². The Labute approximate surface area is 214 Å². The van der Waals surface area contributed by atoms with E-state index in [1.165, 1.54) is 6.07 Å². The first-order chi connectivity index (χ1) is 17.8. The first kappa shape index (κ1) is 25.9. The average molecular weight is 525 g/mol. The molecule has 0 saturated heterocycles. The van der Waals surface area contributed by atoms with E-state index in [4.69, 9.17) is 11.6 Å². The first-order valence-electron chi connectivity index (χ1n) is 11.3. The van der Waals surface area contributed by atoms with Crippen molar-refractivity contribution in [2.75, 3.05) is 0 Å². The number of hydrogen-bond donors (Lipinski definition) is 0. The van der Waals surface area contributed by atoms with Crippen LogP contribution in [0.15, 0.2) is 78.1 Å². The van der Waals surface area contributed by atoms with E-state index in [-0.39, 0.29) is 17.8 Å². The second kappa shape index (κ2) is 10.8. The molecule has 5 rings (SSSR count). The zero-order chi connectivity index (χ0) is 26.6. The summed E-state index contributed by atoms with van der Waals surface area (Å²) < 4.78 is 39.5. The molecule has 37 heavy (non-hydrogen) atoms. The van der Waals surface area contributed by atoms with E-state index in [9.17, 15) is 18.0 Å². The summed E-state index contributed by atoms with van der Waals surface area (Å²) in [6.07, 6.45) is 1.27. The van der Waals surface area contributed by atoms with E-state index >= 15 is 0 Å². The molecule has 7 nitrogen and oxygen atoms in total. The molecule has 0 radical (unpaired) electrons. The minimum Gasteiger partial charge on any atom is -0.265 e. The third-order valence-corrected chi connectivity index (χ3v) is 5.56. The molecular weight excluding hydrogens is 505 g/mol. The Morgan fingerprint density at radius 1 is 0.892 bits per heavy atom. The lowest BCUT2D eigenvalue weighted by Crippen LogP contribution is -2.24. The summed E-state index contributed by atoms with van der Waals surface area (Å²) in [5.41, 5.74) is 1.98. The molecule has 0 saturated carbocycles. The van der Waals surface area contributed by atoms with Crippen LogP contribution in [0.2, 0.25) is 5.02 Å². The van der Waals surface area contributed by atoms with Crippen molar-refractivity contribution in [1.29, 1.82) is 0 Å². The summed E-state index contributed by atoms with van der Waals surface area (Å²) in [5.74, 6) is 0. The van der Waals surface area contributed by atoms with Gasteiger partial charge in [-0.05, 0) is 47.0 Å². The van der Waals surface area contributed by atoms with Gasteiger partial charge in [0.1, 0.15) is 11.4 Å². The lowest BCUT2D eigenvalue weighted by Gasteiger charge is -2.13. The van der Waals surface area contributed by atoms with Gasteiger partial charge in [0.15, 0.2) is 5.65 Å². The molecule has 0 aliphatic heterocycles. The van der Waals surface area contributed by atoms with Crippen molar-refractivity contribution in [3.63, 3.8) is 0 Å². The number of alkyl halides is 3. The number of halogens is 4. The fourth-order valence-corrected chi connectivity index (χ4v) is 3.75. The number of nitrogens with zero attached hydrogens (tertiary/aromatic N) is 6. The predicted octanol–water partition coefficient (Wildman–Crippen LogP) is 5.90. The molecular formula is C26H20ClF3N6O. The highest BCUT2D eigenvalue weighted by atomic mass is 35.5. The molecule has 4 aromatic heterocycles. The highest BCUT2D eigenvalue weighted by Crippen LogP contribution is 2.34. The third kappa shape index (κ3) is 5.49. The summed E-state index contributed by atoms with van der Waals surface area (Å²) in [6, 6.07) is 12.8. The summed E-state index contributed by atoms with van der Waals surface area (Å²) in [5, 5.41) is 13.3. The average Bonchev–Trinajstić information content (AvgIpc) is 2.91. The summed E-state index contributed by atoms with van der Waals surface area (Å²) in [7, 11) is 0. The molecule has 0 N–H and O–H groups in total. The van der Waals surface area contributed by atoms with Crippen LogP contribution in [-0.2, 0) is 12.6 Å². The van der Waals surface area contributed by atoms with Crippen LogP contribution in [0.3, 0.4) is 0 Å². The van der Waals surface area contributed by atoms with Gasteiger partial charge in [0.25, 0.3) is 5.56 Å². The molecule has 188 valence electrons. The van der Waals surface area contributed by atoms with Gasteiger partial charge >= 0.3 is 6.18 Å². The van der Waals surface area contributed by atoms with E-state index in [0.717, 1.165) is 27.9 Å². The predicted molar refractivity (Wildman–Crippen MR) is 134 cm³/mol. The minimum absolute atomic E-state index is 0.0245. The standard InChI is InChI=1S/C24H14ClF3N6O.C2H6/c25-17-4-2-15(3-5-17)18-13-31-34-22(21(18)16-7-9-29-10-8-16)33-32-19(23(34)35)11-14-1-6-20(30-12-14)24(26,27)28;1-2/h1-10,12-13H,11H2;1-2H3. The molecule has 0 spiro atoms. The number of rotatable bonds is 4. The summed E-state index contributed by atoms with van der Waals surface area (Å²) >= 11 is 6.03. The smallest absolute Gasteiger partial charge is 0.265 e. The van der Waals surface area contributed by atoms with Crippen LogP contribution >= 0.6 is 11.6 Å². The van der Waals surface area contributed by atoms with Gasteiger partial charge in [-0.3, -0.25) is 14.8 Å². The van der Waals surface area contributed by atoms with Crippen molar-refractivity contribution >= 4 is 17.2 Å². The van der Waals surface area contributed by atoms with Crippen LogP contribution in [0.4, 0.5) is 13.2 Å². The van der Waals surface area contributed by atoms with E-state index in [1.54, 1.807) is 42.9 Å². The van der Waals surface area contributed by atoms with Crippen LogP contribution < -0.4 is 5.56 Å². The fourth-order valence-electron chi connectivity index (χ4n) is 3.63. The van der Waals surface area contributed by atoms with Gasteiger partial charge in [0.05, 0.1) is 6.20 Å². The van der Waals surface area contributed by atoms with Gasteiger partial charge in [-0.1, -0.05) is 43.6 Å². The third-order valence-electron chi connectivity index (χ3n) is 5.31. The zero-order valence-electron chi connectivity index (χ0n) is 19.7. The Bertz CT molecular complexity index is 1570. The monoisotopic (exact) mass is 524 g/mol. The number of benzene rings is 1. The molecule has 0 fully saturated rings. The van der Waals surface area contributed by atoms with Crippen molar-refractivity contribution in [2.45, 2.75) is 26.4 Å². The maximum absolute atomic E-state index is 13.2. The van der Waals surface area contributed by atoms with Crippen LogP contribution in [0.5, 0.6) is 0 Å². The van der Waals surface area contributed by atoms with Crippen LogP contribution in [-0.4, -0.2) is 29.8 Å². The number of pyridine rings is 2. The van der Waals surface area contributed by atoms with Crippen LogP contribution in [0.25, 0.3) is 27.9 Å². The van der Waals surface area contributed by atoms with E-state index < -0.39 is 17.4 Å². The maximum atomic E-state index is 13.2. The highest BCUT2D eigenvalue weighted by molar-refractivity contribution is 6.30. The maximum Gasteiger partial charge on any atom is 0.433 e. The fraction of sp³-hybridized carbons (Fsp3) is 0.154. The largest absolute Gasteiger partial charge is 0.433 e. The normalized spacial score (nSPS) is 11.2. The van der Waals surface area contributed by atoms with Gasteiger partial charge in [-0.2, -0.15) is 22.8 Å². The molecule has 11 heteroatoms. The number of fused-ring (bicyclic) bond motifs is 1. The molecule has 5 aromatic rings. The van der Waals surface area contributed by atoms with E-state index in [0.29, 0.717) is 21.7 Å². The number of aromatic nitrogens is 6. The second-order valence-electron chi connectivity index (χ2n) is 7.59. The molecule has 0 aliphatic carbocycles. The molecule has 0 atom stereocenters. The van der Waals surface area contributed by atoms with Crippen molar-refractivity contribution in [2.24, 2.45) is 0 Å². The minimum atomic E-state index is -4.55. The Hall–Kier alpha value is -4.18. The first-order valence-corrected chi connectivity index (χ1v) is 11.6. The van der Waals surface area contributed by atoms with Crippen molar-refractivity contribution in [3.05, 3.63) is 106 Å². The molecule has 0 amide bonds. The summed E-state index contributed by atoms with van der Waals surface area (Å²) in [6.45, 7) is 4.00. The SMILES string of the molecule is CC.O=c1c(Cc2ccc(C(F)(F)F)nc2)nnc2c(-c3ccncc3)c(-c3ccc(Cl)cc3)cnn12.